The number of rotatable bonds is 3. The maximum absolute atomic E-state index is 13.9. The summed E-state index contributed by atoms with van der Waals surface area (Å²) in [5, 5.41) is 65.7. The van der Waals surface area contributed by atoms with Crippen LogP contribution in [0.4, 0.5) is 0 Å². The minimum Gasteiger partial charge on any atom is -0.502 e. The molecular formula is C57H80N16O16. The Morgan fingerprint density at radius 3 is 0.910 bits per heavy atom. The molecule has 0 fully saturated rings. The predicted molar refractivity (Wildman–Crippen MR) is 322 cm³/mol. The van der Waals surface area contributed by atoms with Crippen molar-refractivity contribution in [3.8, 4) is 23.0 Å². The van der Waals surface area contributed by atoms with Crippen molar-refractivity contribution in [2.24, 2.45) is 0 Å². The molecule has 0 saturated carbocycles. The standard InChI is InChI=1S/C57H80N16O16/c1-33-28-69(21-14-64-52(84)40-26-36(4)72(56(88)48(40)80)31-44(76)60-10-17-67(7)18-11-61-45(77)32-73-37(5)27-41(53(85)65-33)49(81)57(73)89)23-22-68-19-12-62-50(82)38-24-34(2)70(54(86)46(38)78)29-42(74)58-8-15-66(6)16-9-59-43(75)30-71-35(3)25-39(47(79)55(71)87)51(83)63-13-20-68/h24-27,33,78-81H,8-23,28-32H2,1-7H3,(H,58,74)(H,59,75)(H,60,76)(H,61,77)(H,62,82)(H,63,83)(H,64,84)(H,65,85). The third kappa shape index (κ3) is 18.6. The molecule has 0 radical (unpaired) electrons. The molecule has 0 saturated heterocycles. The second kappa shape index (κ2) is 31.5. The average molecular weight is 1250 g/mol. The molecule has 32 heteroatoms. The predicted octanol–water partition coefficient (Wildman–Crippen LogP) is -5.24. The molecule has 4 aromatic rings. The first-order chi connectivity index (χ1) is 42.1. The van der Waals surface area contributed by atoms with Gasteiger partial charge in [-0.15, -0.1) is 0 Å². The van der Waals surface area contributed by atoms with E-state index in [2.05, 4.69) is 42.5 Å². The van der Waals surface area contributed by atoms with Crippen LogP contribution in [0.25, 0.3) is 0 Å². The molecule has 32 nitrogen and oxygen atoms in total. The number of aryl methyl sites for hydroxylation is 4. The van der Waals surface area contributed by atoms with Gasteiger partial charge < -0.3 is 91.0 Å². The Morgan fingerprint density at radius 1 is 0.371 bits per heavy atom. The Hall–Kier alpha value is -9.40. The van der Waals surface area contributed by atoms with Gasteiger partial charge >= 0.3 is 0 Å². The van der Waals surface area contributed by atoms with Crippen LogP contribution in [-0.2, 0) is 45.4 Å². The number of carbonyl (C=O) groups excluding carboxylic acids is 8. The quantitative estimate of drug-likeness (QED) is 0.0912. The number of hydrogen-bond acceptors (Lipinski definition) is 20. The molecule has 8 amide bonds. The van der Waals surface area contributed by atoms with Crippen LogP contribution >= 0.6 is 0 Å². The minimum atomic E-state index is -0.994. The summed E-state index contributed by atoms with van der Waals surface area (Å²) in [5.74, 6) is -9.22. The van der Waals surface area contributed by atoms with Gasteiger partial charge in [-0.3, -0.25) is 67.3 Å². The van der Waals surface area contributed by atoms with E-state index in [1.165, 1.54) is 52.0 Å². The number of hydrogen-bond donors (Lipinski definition) is 12. The first kappa shape index (κ1) is 68.7. The van der Waals surface area contributed by atoms with Crippen LogP contribution in [0.3, 0.4) is 0 Å². The maximum Gasteiger partial charge on any atom is 0.294 e. The van der Waals surface area contributed by atoms with E-state index in [9.17, 15) is 78.0 Å². The highest BCUT2D eigenvalue weighted by atomic mass is 16.3. The summed E-state index contributed by atoms with van der Waals surface area (Å²) in [6.07, 6.45) is 0. The zero-order valence-corrected chi connectivity index (χ0v) is 51.0. The van der Waals surface area contributed by atoms with Crippen molar-refractivity contribution in [2.75, 3.05) is 125 Å². The molecule has 8 aliphatic rings. The lowest BCUT2D eigenvalue weighted by molar-refractivity contribution is -0.122. The smallest absolute Gasteiger partial charge is 0.294 e. The fourth-order valence-corrected chi connectivity index (χ4v) is 9.99. The lowest BCUT2D eigenvalue weighted by Crippen LogP contribution is -2.48. The Morgan fingerprint density at radius 2 is 0.618 bits per heavy atom. The number of nitrogens with one attached hydrogen (secondary N) is 8. The molecule has 12 N–H and O–H groups in total. The number of carbonyl (C=O) groups is 8. The van der Waals surface area contributed by atoms with Crippen molar-refractivity contribution in [1.82, 2.24) is 80.4 Å². The Kier molecular flexibility index (Phi) is 24.3. The molecule has 8 aliphatic heterocycles. The first-order valence-corrected chi connectivity index (χ1v) is 28.9. The molecule has 1 unspecified atom stereocenters. The maximum atomic E-state index is 13.9. The number of pyridine rings is 4. The van der Waals surface area contributed by atoms with Gasteiger partial charge in [0.15, 0.2) is 23.0 Å². The number of amides is 8. The first-order valence-electron chi connectivity index (χ1n) is 28.9. The normalized spacial score (nSPS) is 18.7. The minimum absolute atomic E-state index is 0.0204. The summed E-state index contributed by atoms with van der Waals surface area (Å²) in [5.41, 5.74) is -4.69. The molecule has 0 spiro atoms. The molecule has 0 aliphatic carbocycles. The van der Waals surface area contributed by atoms with E-state index in [-0.39, 0.29) is 130 Å². The number of aromatic hydroxyl groups is 4. The zero-order chi connectivity index (χ0) is 65.4. The average Bonchev–Trinajstić information content (AvgIpc) is 0.994. The molecule has 0 aromatic carbocycles. The molecule has 12 rings (SSSR count). The third-order valence-corrected chi connectivity index (χ3v) is 15.2. The molecule has 89 heavy (non-hydrogen) atoms. The van der Waals surface area contributed by atoms with Crippen LogP contribution in [0, 0.1) is 27.7 Å². The van der Waals surface area contributed by atoms with Crippen LogP contribution in [0.15, 0.2) is 43.4 Å². The summed E-state index contributed by atoms with van der Waals surface area (Å²) in [7, 11) is 3.48. The highest BCUT2D eigenvalue weighted by Crippen LogP contribution is 2.18. The van der Waals surface area contributed by atoms with Gasteiger partial charge in [-0.05, 0) is 73.0 Å². The molecule has 1 atom stereocenters. The Balaban J connectivity index is 1.28. The lowest BCUT2D eigenvalue weighted by atomic mass is 10.1. The number of likely N-dealkylation sites (N-methyl/N-ethyl adjacent to an activating group) is 2. The molecule has 8 bridgehead atoms. The van der Waals surface area contributed by atoms with Crippen molar-refractivity contribution in [2.45, 2.75) is 66.8 Å². The highest BCUT2D eigenvalue weighted by Gasteiger charge is 2.26. The van der Waals surface area contributed by atoms with Gasteiger partial charge in [0.05, 0.1) is 22.3 Å². The van der Waals surface area contributed by atoms with Gasteiger partial charge in [-0.1, -0.05) is 0 Å². The van der Waals surface area contributed by atoms with Gasteiger partial charge in [-0.2, -0.15) is 0 Å². The van der Waals surface area contributed by atoms with Gasteiger partial charge in [0.1, 0.15) is 26.2 Å². The van der Waals surface area contributed by atoms with Crippen molar-refractivity contribution < 1.29 is 58.8 Å². The van der Waals surface area contributed by atoms with Crippen molar-refractivity contribution in [3.63, 3.8) is 0 Å². The molecule has 4 aromatic heterocycles. The van der Waals surface area contributed by atoms with Gasteiger partial charge in [0.25, 0.3) is 45.9 Å². The van der Waals surface area contributed by atoms with E-state index >= 15 is 0 Å². The summed E-state index contributed by atoms with van der Waals surface area (Å²) in [6, 6.07) is 4.26. The Labute approximate surface area is 510 Å². The van der Waals surface area contributed by atoms with E-state index < -0.39 is 125 Å². The second-order valence-electron chi connectivity index (χ2n) is 22.0. The highest BCUT2D eigenvalue weighted by molar-refractivity contribution is 5.99. The van der Waals surface area contributed by atoms with E-state index in [0.29, 0.717) is 26.2 Å². The van der Waals surface area contributed by atoms with E-state index in [1.807, 2.05) is 0 Å². The third-order valence-electron chi connectivity index (χ3n) is 15.2. The summed E-state index contributed by atoms with van der Waals surface area (Å²) < 4.78 is 4.05. The molecular weight excluding hydrogens is 1160 g/mol. The summed E-state index contributed by atoms with van der Waals surface area (Å²) in [4.78, 5) is 168. The molecule has 484 valence electrons. The van der Waals surface area contributed by atoms with Crippen LogP contribution in [0.5, 0.6) is 23.0 Å². The van der Waals surface area contributed by atoms with E-state index in [4.69, 9.17) is 0 Å². The SMILES string of the molecule is Cc1cc2c(O)c(=O)n1CC(=O)NCCN(C)CCNC(=O)Cn1c(C)cc(c(O)c1=O)C(=O)NCCN(CCN1CCNC(=O)c3cc(C)n(c(=O)c3O)CC(=O)NCCN(C)CCNC(=O)Cn3c(C)cc(c(O)c3=O)C(=O)NC(C)C1)CCNC2=O. The van der Waals surface area contributed by atoms with Crippen molar-refractivity contribution in [3.05, 3.63) is 111 Å². The van der Waals surface area contributed by atoms with Gasteiger partial charge in [-0.25, -0.2) is 0 Å². The van der Waals surface area contributed by atoms with Crippen molar-refractivity contribution >= 4 is 47.3 Å². The largest absolute Gasteiger partial charge is 0.502 e. The number of aromatic nitrogens is 4. The van der Waals surface area contributed by atoms with Crippen LogP contribution in [0.2, 0.25) is 0 Å². The fraction of sp³-hybridized carbons (Fsp3) is 0.509. The van der Waals surface area contributed by atoms with E-state index in [1.54, 1.807) is 40.6 Å². The Bertz CT molecular complexity index is 3480. The number of nitrogens with zero attached hydrogens (tertiary/aromatic N) is 8. The molecule has 12 heterocycles. The van der Waals surface area contributed by atoms with Gasteiger partial charge in [0, 0.05) is 140 Å². The summed E-state index contributed by atoms with van der Waals surface area (Å²) in [6.45, 7) is 7.51. The second-order valence-corrected chi connectivity index (χ2v) is 22.0. The van der Waals surface area contributed by atoms with Crippen LogP contribution < -0.4 is 64.8 Å². The summed E-state index contributed by atoms with van der Waals surface area (Å²) >= 11 is 0. The van der Waals surface area contributed by atoms with Crippen molar-refractivity contribution in [1.29, 1.82) is 0 Å². The van der Waals surface area contributed by atoms with Crippen LogP contribution in [0.1, 0.15) is 71.1 Å². The van der Waals surface area contributed by atoms with E-state index in [0.717, 1.165) is 18.3 Å². The van der Waals surface area contributed by atoms with Gasteiger partial charge in [0.2, 0.25) is 23.6 Å². The zero-order valence-electron chi connectivity index (χ0n) is 51.0. The fourth-order valence-electron chi connectivity index (χ4n) is 9.99. The lowest BCUT2D eigenvalue weighted by Gasteiger charge is -2.30. The van der Waals surface area contributed by atoms with Crippen LogP contribution in [-0.4, -0.2) is 237 Å². The topological polar surface area (TPSA) is 415 Å². The monoisotopic (exact) mass is 1240 g/mol.